The van der Waals surface area contributed by atoms with Crippen molar-refractivity contribution in [2.75, 3.05) is 5.32 Å². The predicted molar refractivity (Wildman–Crippen MR) is 109 cm³/mol. The third kappa shape index (κ3) is 4.46. The topological polar surface area (TPSA) is 88.9 Å². The molecule has 2 aromatic carbocycles. The molecule has 3 aromatic rings. The standard InChI is InChI=1S/C20H15BrF3N5O2/c21-12-6-8-17(13(9-12)20(22,23)24)29-10-16(27-28-29)19(31)26-15-7-5-11-3-1-2-4-14(11)25-18(15)30/h1-4,6,8-10,15H,5,7H2,(H,25,30)(H,26,31). The largest absolute Gasteiger partial charge is 0.418 e. The zero-order valence-electron chi connectivity index (χ0n) is 15.8. The Labute approximate surface area is 182 Å². The fraction of sp³-hybridized carbons (Fsp3) is 0.200. The van der Waals surface area contributed by atoms with Crippen molar-refractivity contribution >= 4 is 33.4 Å². The summed E-state index contributed by atoms with van der Waals surface area (Å²) in [4.78, 5) is 25.0. The lowest BCUT2D eigenvalue weighted by Gasteiger charge is -2.14. The first-order chi connectivity index (χ1) is 14.7. The van der Waals surface area contributed by atoms with Gasteiger partial charge in [0.1, 0.15) is 6.04 Å². The number of aromatic nitrogens is 3. The zero-order chi connectivity index (χ0) is 22.2. The van der Waals surface area contributed by atoms with E-state index in [1.165, 1.54) is 12.1 Å². The number of hydrogen-bond acceptors (Lipinski definition) is 4. The molecule has 160 valence electrons. The van der Waals surface area contributed by atoms with E-state index in [2.05, 4.69) is 36.9 Å². The van der Waals surface area contributed by atoms with E-state index < -0.39 is 23.7 Å². The van der Waals surface area contributed by atoms with Gasteiger partial charge in [-0.05, 0) is 42.7 Å². The number of anilines is 1. The van der Waals surface area contributed by atoms with Crippen LogP contribution >= 0.6 is 15.9 Å². The fourth-order valence-corrected chi connectivity index (χ4v) is 3.66. The molecule has 1 unspecified atom stereocenters. The average Bonchev–Trinajstić information content (AvgIpc) is 3.15. The molecule has 2 heterocycles. The van der Waals surface area contributed by atoms with Crippen molar-refractivity contribution < 1.29 is 22.8 Å². The van der Waals surface area contributed by atoms with Gasteiger partial charge in [0.05, 0.1) is 17.4 Å². The summed E-state index contributed by atoms with van der Waals surface area (Å²) >= 11 is 3.02. The number of hydrogen-bond donors (Lipinski definition) is 2. The van der Waals surface area contributed by atoms with Crippen LogP contribution in [0.3, 0.4) is 0 Å². The highest BCUT2D eigenvalue weighted by Gasteiger charge is 2.35. The molecule has 31 heavy (non-hydrogen) atoms. The summed E-state index contributed by atoms with van der Waals surface area (Å²) in [6.45, 7) is 0. The van der Waals surface area contributed by atoms with Gasteiger partial charge in [0.15, 0.2) is 5.69 Å². The second-order valence-electron chi connectivity index (χ2n) is 6.92. The highest BCUT2D eigenvalue weighted by Crippen LogP contribution is 2.35. The third-order valence-corrected chi connectivity index (χ3v) is 5.33. The van der Waals surface area contributed by atoms with Crippen LogP contribution in [0, 0.1) is 0 Å². The maximum atomic E-state index is 13.4. The number of nitrogens with zero attached hydrogens (tertiary/aromatic N) is 3. The summed E-state index contributed by atoms with van der Waals surface area (Å²) in [6.07, 6.45) is -2.59. The lowest BCUT2D eigenvalue weighted by molar-refractivity contribution is -0.137. The molecule has 0 aliphatic carbocycles. The highest BCUT2D eigenvalue weighted by atomic mass is 79.9. The van der Waals surface area contributed by atoms with E-state index in [1.54, 1.807) is 12.1 Å². The van der Waals surface area contributed by atoms with Gasteiger partial charge >= 0.3 is 6.18 Å². The van der Waals surface area contributed by atoms with E-state index in [9.17, 15) is 22.8 Å². The number of rotatable bonds is 3. The third-order valence-electron chi connectivity index (χ3n) is 4.84. The molecule has 11 heteroatoms. The fourth-order valence-electron chi connectivity index (χ4n) is 3.30. The summed E-state index contributed by atoms with van der Waals surface area (Å²) in [7, 11) is 0. The number of benzene rings is 2. The van der Waals surface area contributed by atoms with Crippen LogP contribution in [0.25, 0.3) is 5.69 Å². The van der Waals surface area contributed by atoms with Crippen LogP contribution in [0.1, 0.15) is 28.0 Å². The average molecular weight is 494 g/mol. The van der Waals surface area contributed by atoms with Crippen LogP contribution in [0.2, 0.25) is 0 Å². The quantitative estimate of drug-likeness (QED) is 0.581. The van der Waals surface area contributed by atoms with Crippen LogP contribution in [0.5, 0.6) is 0 Å². The maximum Gasteiger partial charge on any atom is 0.418 e. The van der Waals surface area contributed by atoms with Crippen molar-refractivity contribution in [1.29, 1.82) is 0 Å². The van der Waals surface area contributed by atoms with E-state index in [0.29, 0.717) is 18.5 Å². The molecule has 0 saturated carbocycles. The van der Waals surface area contributed by atoms with Crippen LogP contribution in [-0.4, -0.2) is 32.9 Å². The number of amides is 2. The monoisotopic (exact) mass is 493 g/mol. The zero-order valence-corrected chi connectivity index (χ0v) is 17.4. The van der Waals surface area contributed by atoms with Crippen LogP contribution in [-0.2, 0) is 17.4 Å². The Morgan fingerprint density at radius 2 is 2.00 bits per heavy atom. The van der Waals surface area contributed by atoms with E-state index in [-0.39, 0.29) is 21.8 Å². The van der Waals surface area contributed by atoms with Crippen molar-refractivity contribution in [3.05, 3.63) is 70.0 Å². The number of alkyl halides is 3. The Kier molecular flexibility index (Phi) is 5.52. The molecule has 1 atom stereocenters. The summed E-state index contributed by atoms with van der Waals surface area (Å²) < 4.78 is 41.3. The first-order valence-corrected chi connectivity index (χ1v) is 10.0. The predicted octanol–water partition coefficient (Wildman–Crippen LogP) is 3.73. The molecule has 0 bridgehead atoms. The number of halogens is 4. The Balaban J connectivity index is 1.53. The van der Waals surface area contributed by atoms with Gasteiger partial charge in [0, 0.05) is 10.2 Å². The molecular weight excluding hydrogens is 479 g/mol. The van der Waals surface area contributed by atoms with Gasteiger partial charge in [-0.15, -0.1) is 5.10 Å². The molecule has 0 radical (unpaired) electrons. The minimum atomic E-state index is -4.62. The molecule has 2 N–H and O–H groups in total. The number of nitrogens with one attached hydrogen (secondary N) is 2. The van der Waals surface area contributed by atoms with Crippen molar-refractivity contribution in [2.24, 2.45) is 0 Å². The number of aryl methyl sites for hydroxylation is 1. The molecule has 7 nitrogen and oxygen atoms in total. The van der Waals surface area contributed by atoms with Crippen LogP contribution in [0.4, 0.5) is 18.9 Å². The van der Waals surface area contributed by atoms with E-state index in [1.807, 2.05) is 12.1 Å². The first-order valence-electron chi connectivity index (χ1n) is 9.21. The van der Waals surface area contributed by atoms with Crippen LogP contribution < -0.4 is 10.6 Å². The van der Waals surface area contributed by atoms with Crippen molar-refractivity contribution in [1.82, 2.24) is 20.3 Å². The Hall–Kier alpha value is -3.21. The van der Waals surface area contributed by atoms with Crippen LogP contribution in [0.15, 0.2) is 53.1 Å². The van der Waals surface area contributed by atoms with Crippen molar-refractivity contribution in [3.63, 3.8) is 0 Å². The van der Waals surface area contributed by atoms with Gasteiger partial charge in [-0.3, -0.25) is 9.59 Å². The smallest absolute Gasteiger partial charge is 0.339 e. The van der Waals surface area contributed by atoms with Gasteiger partial charge in [-0.2, -0.15) is 13.2 Å². The molecule has 1 aliphatic heterocycles. The number of para-hydroxylation sites is 1. The summed E-state index contributed by atoms with van der Waals surface area (Å²) in [5.74, 6) is -1.08. The van der Waals surface area contributed by atoms with E-state index >= 15 is 0 Å². The molecule has 1 aromatic heterocycles. The second-order valence-corrected chi connectivity index (χ2v) is 7.83. The Morgan fingerprint density at radius 3 is 2.77 bits per heavy atom. The number of carbonyl (C=O) groups is 2. The van der Waals surface area contributed by atoms with E-state index in [4.69, 9.17) is 0 Å². The van der Waals surface area contributed by atoms with E-state index in [0.717, 1.165) is 22.5 Å². The molecule has 0 saturated heterocycles. The lowest BCUT2D eigenvalue weighted by atomic mass is 10.1. The van der Waals surface area contributed by atoms with Gasteiger partial charge in [0.25, 0.3) is 5.91 Å². The molecular formula is C20H15BrF3N5O2. The van der Waals surface area contributed by atoms with Gasteiger partial charge in [0.2, 0.25) is 5.91 Å². The SMILES string of the molecule is O=C(NC1CCc2ccccc2NC1=O)c1cn(-c2ccc(Br)cc2C(F)(F)F)nn1. The highest BCUT2D eigenvalue weighted by molar-refractivity contribution is 9.10. The van der Waals surface area contributed by atoms with Crippen molar-refractivity contribution in [2.45, 2.75) is 25.1 Å². The maximum absolute atomic E-state index is 13.4. The Morgan fingerprint density at radius 1 is 1.23 bits per heavy atom. The normalized spacial score (nSPS) is 16.3. The number of fused-ring (bicyclic) bond motifs is 1. The van der Waals surface area contributed by atoms with Gasteiger partial charge in [-0.1, -0.05) is 39.3 Å². The molecule has 4 rings (SSSR count). The molecule has 2 amide bonds. The number of carbonyl (C=O) groups excluding carboxylic acids is 2. The summed E-state index contributed by atoms with van der Waals surface area (Å²) in [5, 5.41) is 12.7. The minimum absolute atomic E-state index is 0.203. The van der Waals surface area contributed by atoms with Gasteiger partial charge in [-0.25, -0.2) is 4.68 Å². The first kappa shape index (κ1) is 21.0. The summed E-state index contributed by atoms with van der Waals surface area (Å²) in [6, 6.07) is 10.1. The van der Waals surface area contributed by atoms with Crippen molar-refractivity contribution in [3.8, 4) is 5.69 Å². The molecule has 1 aliphatic rings. The Bertz CT molecular complexity index is 1160. The molecule has 0 spiro atoms. The second kappa shape index (κ2) is 8.14. The minimum Gasteiger partial charge on any atom is -0.339 e. The molecule has 0 fully saturated rings. The summed E-state index contributed by atoms with van der Waals surface area (Å²) in [5.41, 5.74) is 0.230. The lowest BCUT2D eigenvalue weighted by Crippen LogP contribution is -2.43. The van der Waals surface area contributed by atoms with Gasteiger partial charge < -0.3 is 10.6 Å².